The van der Waals surface area contributed by atoms with E-state index >= 15 is 0 Å². The maximum absolute atomic E-state index is 13.1. The van der Waals surface area contributed by atoms with Gasteiger partial charge in [-0.05, 0) is 48.3 Å². The Bertz CT molecular complexity index is 793. The van der Waals surface area contributed by atoms with Gasteiger partial charge in [-0.3, -0.25) is 4.79 Å². The van der Waals surface area contributed by atoms with Crippen molar-refractivity contribution in [3.63, 3.8) is 0 Å². The lowest BCUT2D eigenvalue weighted by Gasteiger charge is -2.39. The van der Waals surface area contributed by atoms with E-state index < -0.39 is 0 Å². The van der Waals surface area contributed by atoms with Gasteiger partial charge < -0.3 is 15.6 Å². The SMILES string of the molecule is CC1(C)CC2CC(C)(CN2C(=O)c2ccc3[nH]c(N)nc3c2)C1. The Labute approximate surface area is 136 Å². The molecule has 1 aliphatic heterocycles. The highest BCUT2D eigenvalue weighted by Gasteiger charge is 2.51. The monoisotopic (exact) mass is 312 g/mol. The van der Waals surface area contributed by atoms with E-state index in [0.29, 0.717) is 23.0 Å². The number of nitrogens with zero attached hydrogens (tertiary/aromatic N) is 2. The first-order valence-electron chi connectivity index (χ1n) is 8.31. The summed E-state index contributed by atoms with van der Waals surface area (Å²) in [6.07, 6.45) is 3.40. The van der Waals surface area contributed by atoms with E-state index in [1.807, 2.05) is 18.2 Å². The number of H-pyrrole nitrogens is 1. The van der Waals surface area contributed by atoms with Crippen LogP contribution in [0.3, 0.4) is 0 Å². The number of hydrogen-bond acceptors (Lipinski definition) is 3. The molecule has 5 heteroatoms. The fourth-order valence-electron chi connectivity index (χ4n) is 5.02. The summed E-state index contributed by atoms with van der Waals surface area (Å²) in [6, 6.07) is 5.97. The summed E-state index contributed by atoms with van der Waals surface area (Å²) in [6.45, 7) is 7.83. The molecule has 1 saturated carbocycles. The molecule has 0 radical (unpaired) electrons. The van der Waals surface area contributed by atoms with Crippen LogP contribution in [0.4, 0.5) is 5.95 Å². The first-order valence-corrected chi connectivity index (χ1v) is 8.31. The number of nitrogen functional groups attached to an aromatic ring is 1. The first-order chi connectivity index (χ1) is 10.7. The van der Waals surface area contributed by atoms with Crippen LogP contribution >= 0.6 is 0 Å². The standard InChI is InChI=1S/C18H24N4O/c1-17(2)7-12-8-18(3,9-17)10-22(12)15(23)11-4-5-13-14(6-11)21-16(19)20-13/h4-6,12H,7-10H2,1-3H3,(H3,19,20,21). The third kappa shape index (κ3) is 2.38. The summed E-state index contributed by atoms with van der Waals surface area (Å²) in [4.78, 5) is 22.4. The molecule has 2 fully saturated rings. The van der Waals surface area contributed by atoms with Crippen molar-refractivity contribution in [1.29, 1.82) is 0 Å². The van der Waals surface area contributed by atoms with Crippen molar-refractivity contribution >= 4 is 22.9 Å². The number of carbonyl (C=O) groups is 1. The predicted molar refractivity (Wildman–Crippen MR) is 91.1 cm³/mol. The topological polar surface area (TPSA) is 75.0 Å². The highest BCUT2D eigenvalue weighted by atomic mass is 16.2. The van der Waals surface area contributed by atoms with Gasteiger partial charge in [0, 0.05) is 18.2 Å². The predicted octanol–water partition coefficient (Wildman–Crippen LogP) is 3.19. The zero-order chi connectivity index (χ0) is 16.4. The van der Waals surface area contributed by atoms with Crippen LogP contribution in [0.15, 0.2) is 18.2 Å². The van der Waals surface area contributed by atoms with Gasteiger partial charge >= 0.3 is 0 Å². The minimum Gasteiger partial charge on any atom is -0.369 e. The first kappa shape index (κ1) is 14.5. The number of anilines is 1. The van der Waals surface area contributed by atoms with Crippen molar-refractivity contribution in [3.05, 3.63) is 23.8 Å². The number of fused-ring (bicyclic) bond motifs is 3. The van der Waals surface area contributed by atoms with E-state index in [0.717, 1.165) is 30.4 Å². The molecule has 0 spiro atoms. The highest BCUT2D eigenvalue weighted by Crippen LogP contribution is 2.52. The van der Waals surface area contributed by atoms with Gasteiger partial charge in [0.25, 0.3) is 5.91 Å². The van der Waals surface area contributed by atoms with Gasteiger partial charge in [0.2, 0.25) is 0 Å². The Hall–Kier alpha value is -2.04. The molecule has 1 saturated heterocycles. The van der Waals surface area contributed by atoms with Gasteiger partial charge in [-0.2, -0.15) is 0 Å². The molecule has 2 unspecified atom stereocenters. The molecule has 122 valence electrons. The van der Waals surface area contributed by atoms with Crippen molar-refractivity contribution in [2.45, 2.75) is 46.1 Å². The zero-order valence-electron chi connectivity index (χ0n) is 14.0. The molecule has 23 heavy (non-hydrogen) atoms. The van der Waals surface area contributed by atoms with Crippen LogP contribution in [-0.4, -0.2) is 33.4 Å². The Morgan fingerprint density at radius 2 is 2.13 bits per heavy atom. The second-order valence-corrected chi connectivity index (χ2v) is 8.50. The summed E-state index contributed by atoms with van der Waals surface area (Å²) >= 11 is 0. The summed E-state index contributed by atoms with van der Waals surface area (Å²) in [5.74, 6) is 0.510. The van der Waals surface area contributed by atoms with Crippen LogP contribution in [0.25, 0.3) is 11.0 Å². The van der Waals surface area contributed by atoms with Gasteiger partial charge in [0.1, 0.15) is 0 Å². The fraction of sp³-hybridized carbons (Fsp3) is 0.556. The van der Waals surface area contributed by atoms with Crippen LogP contribution in [-0.2, 0) is 0 Å². The summed E-state index contributed by atoms with van der Waals surface area (Å²) in [5.41, 5.74) is 8.59. The van der Waals surface area contributed by atoms with Gasteiger partial charge in [-0.15, -0.1) is 0 Å². The van der Waals surface area contributed by atoms with E-state index in [9.17, 15) is 4.79 Å². The average Bonchev–Trinajstić information content (AvgIpc) is 2.92. The lowest BCUT2D eigenvalue weighted by atomic mass is 9.65. The number of benzene rings is 1. The molecule has 2 bridgehead atoms. The quantitative estimate of drug-likeness (QED) is 0.849. The lowest BCUT2D eigenvalue weighted by molar-refractivity contribution is 0.0708. The van der Waals surface area contributed by atoms with E-state index in [2.05, 4.69) is 35.6 Å². The molecular weight excluding hydrogens is 288 g/mol. The number of nitrogens with two attached hydrogens (primary N) is 1. The van der Waals surface area contributed by atoms with Crippen molar-refractivity contribution in [2.75, 3.05) is 12.3 Å². The Balaban J connectivity index is 1.66. The van der Waals surface area contributed by atoms with Gasteiger partial charge in [-0.1, -0.05) is 20.8 Å². The molecule has 1 amide bonds. The summed E-state index contributed by atoms with van der Waals surface area (Å²) in [5, 5.41) is 0. The Kier molecular flexibility index (Phi) is 2.84. The van der Waals surface area contributed by atoms with Gasteiger partial charge in [0.15, 0.2) is 5.95 Å². The van der Waals surface area contributed by atoms with E-state index in [1.165, 1.54) is 6.42 Å². The molecule has 1 aliphatic carbocycles. The lowest BCUT2D eigenvalue weighted by Crippen LogP contribution is -2.37. The fourth-order valence-corrected chi connectivity index (χ4v) is 5.02. The maximum Gasteiger partial charge on any atom is 0.254 e. The van der Waals surface area contributed by atoms with Crippen LogP contribution in [0.1, 0.15) is 50.4 Å². The number of amides is 1. The molecule has 2 aromatic rings. The minimum absolute atomic E-state index is 0.125. The minimum atomic E-state index is 0.125. The molecule has 2 aliphatic rings. The van der Waals surface area contributed by atoms with E-state index in [1.54, 1.807) is 0 Å². The van der Waals surface area contributed by atoms with Crippen molar-refractivity contribution in [2.24, 2.45) is 10.8 Å². The second kappa shape index (κ2) is 4.49. The summed E-state index contributed by atoms with van der Waals surface area (Å²) in [7, 11) is 0. The van der Waals surface area contributed by atoms with Crippen LogP contribution in [0.5, 0.6) is 0 Å². The molecule has 1 aromatic carbocycles. The highest BCUT2D eigenvalue weighted by molar-refractivity contribution is 5.98. The molecule has 4 rings (SSSR count). The third-order valence-electron chi connectivity index (χ3n) is 5.42. The van der Waals surface area contributed by atoms with E-state index in [-0.39, 0.29) is 11.3 Å². The van der Waals surface area contributed by atoms with Crippen LogP contribution in [0.2, 0.25) is 0 Å². The molecule has 1 aromatic heterocycles. The Morgan fingerprint density at radius 1 is 1.35 bits per heavy atom. The molecule has 3 N–H and O–H groups in total. The van der Waals surface area contributed by atoms with Crippen molar-refractivity contribution in [3.8, 4) is 0 Å². The largest absolute Gasteiger partial charge is 0.369 e. The number of imidazole rings is 1. The van der Waals surface area contributed by atoms with E-state index in [4.69, 9.17) is 5.73 Å². The maximum atomic E-state index is 13.1. The number of aromatic nitrogens is 2. The zero-order valence-corrected chi connectivity index (χ0v) is 14.0. The molecule has 5 nitrogen and oxygen atoms in total. The van der Waals surface area contributed by atoms with Crippen LogP contribution in [0, 0.1) is 10.8 Å². The number of hydrogen-bond donors (Lipinski definition) is 2. The van der Waals surface area contributed by atoms with Gasteiger partial charge in [-0.25, -0.2) is 4.98 Å². The normalized spacial score (nSPS) is 29.2. The Morgan fingerprint density at radius 3 is 2.91 bits per heavy atom. The van der Waals surface area contributed by atoms with Crippen LogP contribution < -0.4 is 5.73 Å². The molecule has 2 heterocycles. The van der Waals surface area contributed by atoms with Crippen molar-refractivity contribution in [1.82, 2.24) is 14.9 Å². The average molecular weight is 312 g/mol. The number of carbonyl (C=O) groups excluding carboxylic acids is 1. The second-order valence-electron chi connectivity index (χ2n) is 8.50. The molecule has 2 atom stereocenters. The number of likely N-dealkylation sites (tertiary alicyclic amines) is 1. The van der Waals surface area contributed by atoms with Crippen molar-refractivity contribution < 1.29 is 4.79 Å². The smallest absolute Gasteiger partial charge is 0.254 e. The number of rotatable bonds is 1. The van der Waals surface area contributed by atoms with Gasteiger partial charge in [0.05, 0.1) is 11.0 Å². The number of nitrogens with one attached hydrogen (secondary N) is 1. The summed E-state index contributed by atoms with van der Waals surface area (Å²) < 4.78 is 0. The number of aromatic amines is 1. The third-order valence-corrected chi connectivity index (χ3v) is 5.42. The molecular formula is C18H24N4O.